The maximum atomic E-state index is 14.8. The smallest absolute Gasteiger partial charge is 0.356 e. The molecule has 0 atom stereocenters. The molecule has 1 saturated carbocycles. The third kappa shape index (κ3) is 4.83. The number of hydrogen-bond donors (Lipinski definition) is 2. The second kappa shape index (κ2) is 9.01. The zero-order valence-electron chi connectivity index (χ0n) is 17.4. The van der Waals surface area contributed by atoms with Crippen LogP contribution in [0, 0.1) is 31.4 Å². The van der Waals surface area contributed by atoms with E-state index in [1.807, 2.05) is 13.0 Å². The predicted molar refractivity (Wildman–Crippen MR) is 114 cm³/mol. The summed E-state index contributed by atoms with van der Waals surface area (Å²) in [5, 5.41) is -0.139. The first kappa shape index (κ1) is 22.7. The van der Waals surface area contributed by atoms with Crippen molar-refractivity contribution in [3.05, 3.63) is 64.7 Å². The minimum atomic E-state index is -4.42. The van der Waals surface area contributed by atoms with E-state index in [0.717, 1.165) is 25.7 Å². The van der Waals surface area contributed by atoms with Crippen molar-refractivity contribution in [3.8, 4) is 11.5 Å². The van der Waals surface area contributed by atoms with Crippen LogP contribution in [0.5, 0.6) is 11.5 Å². The summed E-state index contributed by atoms with van der Waals surface area (Å²) in [4.78, 5) is 18.7. The Bertz CT molecular complexity index is 981. The van der Waals surface area contributed by atoms with Crippen LogP contribution in [-0.4, -0.2) is 9.79 Å². The first-order chi connectivity index (χ1) is 14.1. The molecule has 0 bridgehead atoms. The highest BCUT2D eigenvalue weighted by molar-refractivity contribution is 7.60. The molecule has 0 aliphatic heterocycles. The Morgan fingerprint density at radius 1 is 1.03 bits per heavy atom. The van der Waals surface area contributed by atoms with Gasteiger partial charge in [0, 0.05) is 0 Å². The molecule has 0 saturated heterocycles. The van der Waals surface area contributed by atoms with Gasteiger partial charge >= 0.3 is 7.60 Å². The lowest BCUT2D eigenvalue weighted by Gasteiger charge is -2.27. The highest BCUT2D eigenvalue weighted by Gasteiger charge is 2.26. The van der Waals surface area contributed by atoms with Gasteiger partial charge in [-0.1, -0.05) is 18.2 Å². The lowest BCUT2D eigenvalue weighted by atomic mass is 9.78. The molecule has 162 valence electrons. The van der Waals surface area contributed by atoms with E-state index in [1.54, 1.807) is 19.9 Å². The van der Waals surface area contributed by atoms with Crippen molar-refractivity contribution in [2.24, 2.45) is 5.92 Å². The predicted octanol–water partition coefficient (Wildman–Crippen LogP) is 6.03. The van der Waals surface area contributed by atoms with E-state index >= 15 is 0 Å². The van der Waals surface area contributed by atoms with Crippen LogP contribution in [-0.2, 0) is 4.57 Å². The Morgan fingerprint density at radius 3 is 2.17 bits per heavy atom. The van der Waals surface area contributed by atoms with Gasteiger partial charge in [0.05, 0.1) is 5.30 Å². The number of halogens is 2. The Morgan fingerprint density at radius 2 is 1.63 bits per heavy atom. The van der Waals surface area contributed by atoms with Gasteiger partial charge in [0.15, 0.2) is 11.6 Å². The number of hydrogen-bond acceptors (Lipinski definition) is 2. The average molecular weight is 436 g/mol. The van der Waals surface area contributed by atoms with Gasteiger partial charge in [0.25, 0.3) is 0 Å². The van der Waals surface area contributed by atoms with Crippen molar-refractivity contribution in [1.29, 1.82) is 0 Å². The largest absolute Gasteiger partial charge is 0.454 e. The van der Waals surface area contributed by atoms with Crippen LogP contribution < -0.4 is 10.0 Å². The molecular weight excluding hydrogens is 409 g/mol. The molecule has 0 aromatic heterocycles. The zero-order valence-corrected chi connectivity index (χ0v) is 18.3. The lowest BCUT2D eigenvalue weighted by Crippen LogP contribution is -2.13. The molecule has 30 heavy (non-hydrogen) atoms. The summed E-state index contributed by atoms with van der Waals surface area (Å²) in [5.74, 6) is -1.42. The Labute approximate surface area is 175 Å². The molecule has 0 radical (unpaired) electrons. The SMILES string of the molecule is C/C=C/C1CCC(c2ccc(Oc3c(C)cc(P(=O)(O)O)cc3C)c(F)c2F)CC1. The van der Waals surface area contributed by atoms with Gasteiger partial charge in [-0.05, 0) is 93.2 Å². The number of rotatable bonds is 5. The Hall–Kier alpha value is -2.01. The third-order valence-electron chi connectivity index (χ3n) is 5.75. The van der Waals surface area contributed by atoms with Gasteiger partial charge in [-0.2, -0.15) is 4.39 Å². The quantitative estimate of drug-likeness (QED) is 0.444. The number of aryl methyl sites for hydroxylation is 2. The van der Waals surface area contributed by atoms with E-state index in [9.17, 15) is 23.1 Å². The zero-order chi connectivity index (χ0) is 22.1. The average Bonchev–Trinajstić information content (AvgIpc) is 2.68. The molecule has 2 N–H and O–H groups in total. The van der Waals surface area contributed by atoms with E-state index in [-0.39, 0.29) is 22.7 Å². The Balaban J connectivity index is 1.84. The normalized spacial score (nSPS) is 20.0. The molecule has 3 rings (SSSR count). The van der Waals surface area contributed by atoms with Crippen molar-refractivity contribution in [2.75, 3.05) is 0 Å². The van der Waals surface area contributed by atoms with Gasteiger partial charge < -0.3 is 14.5 Å². The summed E-state index contributed by atoms with van der Waals surface area (Å²) in [6.45, 7) is 5.20. The third-order valence-corrected chi connectivity index (χ3v) is 6.68. The number of benzene rings is 2. The molecular formula is C23H27F2O4P. The number of allylic oxidation sites excluding steroid dienone is 2. The van der Waals surface area contributed by atoms with E-state index in [1.165, 1.54) is 18.2 Å². The van der Waals surface area contributed by atoms with Gasteiger partial charge in [0.1, 0.15) is 5.75 Å². The molecule has 0 unspecified atom stereocenters. The second-order valence-electron chi connectivity index (χ2n) is 7.97. The van der Waals surface area contributed by atoms with E-state index in [2.05, 4.69) is 6.08 Å². The molecule has 2 aromatic rings. The van der Waals surface area contributed by atoms with E-state index < -0.39 is 19.2 Å². The van der Waals surface area contributed by atoms with Gasteiger partial charge in [-0.3, -0.25) is 4.57 Å². The molecule has 2 aromatic carbocycles. The number of ether oxygens (including phenoxy) is 1. The van der Waals surface area contributed by atoms with Gasteiger partial charge in [-0.15, -0.1) is 0 Å². The molecule has 0 spiro atoms. The summed E-state index contributed by atoms with van der Waals surface area (Å²) in [5.41, 5.74) is 1.24. The Kier molecular flexibility index (Phi) is 6.81. The first-order valence-corrected chi connectivity index (χ1v) is 11.7. The molecule has 0 amide bonds. The molecule has 1 fully saturated rings. The second-order valence-corrected chi connectivity index (χ2v) is 9.58. The lowest BCUT2D eigenvalue weighted by molar-refractivity contribution is 0.358. The van der Waals surface area contributed by atoms with Crippen molar-refractivity contribution in [2.45, 2.75) is 52.4 Å². The standard InChI is InChI=1S/C23H27F2O4P/c1-4-5-16-6-8-17(9-7-16)19-10-11-20(22(25)21(19)24)29-23-14(2)12-18(13-15(23)3)30(26,27)28/h4-5,10-13,16-17H,6-9H2,1-3H3,(H2,26,27,28)/b5-4+. The van der Waals surface area contributed by atoms with Crippen molar-refractivity contribution in [3.63, 3.8) is 0 Å². The topological polar surface area (TPSA) is 66.8 Å². The fourth-order valence-corrected chi connectivity index (χ4v) is 4.93. The van der Waals surface area contributed by atoms with Crippen LogP contribution >= 0.6 is 7.60 Å². The maximum absolute atomic E-state index is 14.8. The molecule has 7 heteroatoms. The van der Waals surface area contributed by atoms with Crippen LogP contribution in [0.1, 0.15) is 55.2 Å². The van der Waals surface area contributed by atoms with Crippen molar-refractivity contribution < 1.29 is 27.9 Å². The van der Waals surface area contributed by atoms with Gasteiger partial charge in [-0.25, -0.2) is 4.39 Å². The van der Waals surface area contributed by atoms with Crippen molar-refractivity contribution >= 4 is 12.9 Å². The summed E-state index contributed by atoms with van der Waals surface area (Å²) < 4.78 is 46.8. The molecule has 4 nitrogen and oxygen atoms in total. The summed E-state index contributed by atoms with van der Waals surface area (Å²) in [6, 6.07) is 5.62. The van der Waals surface area contributed by atoms with Crippen molar-refractivity contribution in [1.82, 2.24) is 0 Å². The van der Waals surface area contributed by atoms with Crippen LogP contribution in [0.3, 0.4) is 0 Å². The minimum Gasteiger partial charge on any atom is -0.454 e. The molecule has 0 heterocycles. The van der Waals surface area contributed by atoms with Crippen LogP contribution in [0.15, 0.2) is 36.4 Å². The van der Waals surface area contributed by atoms with Gasteiger partial charge in [0.2, 0.25) is 5.82 Å². The maximum Gasteiger partial charge on any atom is 0.356 e. The first-order valence-electron chi connectivity index (χ1n) is 10.1. The van der Waals surface area contributed by atoms with Crippen LogP contribution in [0.2, 0.25) is 0 Å². The fourth-order valence-electron chi connectivity index (χ4n) is 4.20. The van der Waals surface area contributed by atoms with E-state index in [0.29, 0.717) is 22.6 Å². The summed E-state index contributed by atoms with van der Waals surface area (Å²) in [6.07, 6.45) is 7.75. The molecule has 1 aliphatic rings. The fraction of sp³-hybridized carbons (Fsp3) is 0.391. The molecule has 1 aliphatic carbocycles. The van der Waals surface area contributed by atoms with Crippen LogP contribution in [0.25, 0.3) is 0 Å². The summed E-state index contributed by atoms with van der Waals surface area (Å²) >= 11 is 0. The van der Waals surface area contributed by atoms with E-state index in [4.69, 9.17) is 4.74 Å². The monoisotopic (exact) mass is 436 g/mol. The highest BCUT2D eigenvalue weighted by atomic mass is 31.2. The minimum absolute atomic E-state index is 0.0129. The van der Waals surface area contributed by atoms with Crippen LogP contribution in [0.4, 0.5) is 8.78 Å². The highest BCUT2D eigenvalue weighted by Crippen LogP contribution is 2.41. The summed E-state index contributed by atoms with van der Waals surface area (Å²) in [7, 11) is -4.42.